The normalized spacial score (nSPS) is 14.9. The monoisotopic (exact) mass is 702 g/mol. The van der Waals surface area contributed by atoms with Crippen LogP contribution in [-0.4, -0.2) is 73.4 Å². The number of phosphoric ester groups is 1. The van der Waals surface area contributed by atoms with E-state index in [1.165, 1.54) is 109 Å². The second-order valence-electron chi connectivity index (χ2n) is 14.7. The molecular weight excluding hydrogens is 623 g/mol. The molecule has 48 heavy (non-hydrogen) atoms. The van der Waals surface area contributed by atoms with E-state index in [0.29, 0.717) is 17.4 Å². The third-order valence-electron chi connectivity index (χ3n) is 8.65. The standard InChI is InChI=1S/C39H77N2O6P/c1-6-8-10-12-14-16-18-20-22-24-26-28-30-32-38(42)37(36-47-48(44,45)46-35-34-41(3,4)5)40-39(43)33-31-29-27-25-23-21-19-17-15-13-11-9-7-2/h10,12,30,32,37-38,42H,6-9,11,13-29,31,33-36H2,1-5H3,(H-,40,43,44,45)/p+1/b12-10-,32-30+/t37-,38+/m0/s1. The molecule has 3 atom stereocenters. The quantitative estimate of drug-likeness (QED) is 0.0263. The van der Waals surface area contributed by atoms with Crippen molar-refractivity contribution in [1.82, 2.24) is 5.32 Å². The first kappa shape index (κ1) is 47.0. The molecule has 284 valence electrons. The lowest BCUT2D eigenvalue weighted by Crippen LogP contribution is -2.45. The molecule has 3 N–H and O–H groups in total. The van der Waals surface area contributed by atoms with Crippen LogP contribution in [-0.2, 0) is 18.4 Å². The van der Waals surface area contributed by atoms with Gasteiger partial charge in [-0.1, -0.05) is 147 Å². The molecule has 0 aromatic rings. The average Bonchev–Trinajstić information content (AvgIpc) is 3.02. The fourth-order valence-corrected chi connectivity index (χ4v) is 6.19. The van der Waals surface area contributed by atoms with Crippen molar-refractivity contribution in [3.05, 3.63) is 24.3 Å². The number of unbranched alkanes of at least 4 members (excludes halogenated alkanes) is 20. The molecule has 0 aromatic heterocycles. The number of phosphoric acid groups is 1. The average molecular weight is 702 g/mol. The largest absolute Gasteiger partial charge is 0.472 e. The van der Waals surface area contributed by atoms with Crippen molar-refractivity contribution in [2.45, 2.75) is 180 Å². The van der Waals surface area contributed by atoms with E-state index in [1.54, 1.807) is 6.08 Å². The van der Waals surface area contributed by atoms with Crippen molar-refractivity contribution in [1.29, 1.82) is 0 Å². The molecule has 0 spiro atoms. The van der Waals surface area contributed by atoms with Crippen LogP contribution in [0.2, 0.25) is 0 Å². The van der Waals surface area contributed by atoms with Crippen LogP contribution in [0, 0.1) is 0 Å². The number of carbonyl (C=O) groups is 1. The Balaban J connectivity index is 4.52. The summed E-state index contributed by atoms with van der Waals surface area (Å²) < 4.78 is 23.4. The van der Waals surface area contributed by atoms with Crippen LogP contribution in [0.1, 0.15) is 168 Å². The van der Waals surface area contributed by atoms with Crippen LogP contribution in [0.4, 0.5) is 0 Å². The van der Waals surface area contributed by atoms with Crippen LogP contribution in [0.3, 0.4) is 0 Å². The molecule has 0 aromatic carbocycles. The number of nitrogens with one attached hydrogen (secondary N) is 1. The van der Waals surface area contributed by atoms with Gasteiger partial charge in [-0.3, -0.25) is 13.8 Å². The van der Waals surface area contributed by atoms with E-state index in [2.05, 4.69) is 31.3 Å². The number of carbonyl (C=O) groups excluding carboxylic acids is 1. The smallest absolute Gasteiger partial charge is 0.387 e. The van der Waals surface area contributed by atoms with Crippen molar-refractivity contribution in [3.8, 4) is 0 Å². The second kappa shape index (κ2) is 31.9. The van der Waals surface area contributed by atoms with Gasteiger partial charge in [-0.25, -0.2) is 4.57 Å². The molecule has 0 aliphatic rings. The van der Waals surface area contributed by atoms with Gasteiger partial charge in [0.1, 0.15) is 13.2 Å². The number of allylic oxidation sites excluding steroid dienone is 3. The Labute approximate surface area is 296 Å². The molecule has 0 fully saturated rings. The second-order valence-corrected chi connectivity index (χ2v) is 16.1. The highest BCUT2D eigenvalue weighted by Crippen LogP contribution is 2.43. The van der Waals surface area contributed by atoms with Crippen LogP contribution in [0.5, 0.6) is 0 Å². The fraction of sp³-hybridized carbons (Fsp3) is 0.872. The third kappa shape index (κ3) is 33.5. The maximum Gasteiger partial charge on any atom is 0.472 e. The highest BCUT2D eigenvalue weighted by Gasteiger charge is 2.27. The number of hydrogen-bond donors (Lipinski definition) is 3. The first-order chi connectivity index (χ1) is 23.0. The molecule has 0 radical (unpaired) electrons. The molecule has 1 amide bonds. The van der Waals surface area contributed by atoms with E-state index < -0.39 is 20.0 Å². The summed E-state index contributed by atoms with van der Waals surface area (Å²) in [6, 6.07) is -0.843. The van der Waals surface area contributed by atoms with E-state index in [-0.39, 0.29) is 19.1 Å². The summed E-state index contributed by atoms with van der Waals surface area (Å²) in [5.74, 6) is -0.182. The summed E-state index contributed by atoms with van der Waals surface area (Å²) in [5.41, 5.74) is 0. The molecule has 8 nitrogen and oxygen atoms in total. The number of amides is 1. The Kier molecular flexibility index (Phi) is 31.2. The molecule has 0 heterocycles. The first-order valence-corrected chi connectivity index (χ1v) is 21.2. The van der Waals surface area contributed by atoms with Crippen LogP contribution in [0.25, 0.3) is 0 Å². The van der Waals surface area contributed by atoms with Gasteiger partial charge in [-0.05, 0) is 38.5 Å². The minimum absolute atomic E-state index is 0.0613. The van der Waals surface area contributed by atoms with E-state index in [0.717, 1.165) is 38.5 Å². The van der Waals surface area contributed by atoms with E-state index in [1.807, 2.05) is 27.2 Å². The zero-order valence-electron chi connectivity index (χ0n) is 32.0. The van der Waals surface area contributed by atoms with Crippen molar-refractivity contribution >= 4 is 13.7 Å². The van der Waals surface area contributed by atoms with E-state index in [9.17, 15) is 19.4 Å². The Morgan fingerprint density at radius 2 is 1.17 bits per heavy atom. The Bertz CT molecular complexity index is 845. The van der Waals surface area contributed by atoms with Gasteiger partial charge in [-0.15, -0.1) is 0 Å². The first-order valence-electron chi connectivity index (χ1n) is 19.7. The third-order valence-corrected chi connectivity index (χ3v) is 9.63. The summed E-state index contributed by atoms with van der Waals surface area (Å²) in [7, 11) is 1.57. The predicted octanol–water partition coefficient (Wildman–Crippen LogP) is 10.2. The maximum absolute atomic E-state index is 12.8. The van der Waals surface area contributed by atoms with Gasteiger partial charge < -0.3 is 19.8 Å². The highest BCUT2D eigenvalue weighted by molar-refractivity contribution is 7.47. The number of likely N-dealkylation sites (N-methyl/N-ethyl adjacent to an activating group) is 1. The number of quaternary nitrogens is 1. The van der Waals surface area contributed by atoms with Crippen molar-refractivity contribution < 1.29 is 32.9 Å². The number of aliphatic hydroxyl groups is 1. The van der Waals surface area contributed by atoms with Crippen LogP contribution in [0.15, 0.2) is 24.3 Å². The van der Waals surface area contributed by atoms with Gasteiger partial charge in [0.05, 0.1) is 39.9 Å². The van der Waals surface area contributed by atoms with Gasteiger partial charge in [0.25, 0.3) is 0 Å². The topological polar surface area (TPSA) is 105 Å². The Morgan fingerprint density at radius 3 is 1.69 bits per heavy atom. The lowest BCUT2D eigenvalue weighted by Gasteiger charge is -2.25. The number of nitrogens with zero attached hydrogens (tertiary/aromatic N) is 1. The van der Waals surface area contributed by atoms with Crippen LogP contribution >= 0.6 is 7.82 Å². The maximum atomic E-state index is 12.8. The highest BCUT2D eigenvalue weighted by atomic mass is 31.2. The van der Waals surface area contributed by atoms with Gasteiger partial charge >= 0.3 is 7.82 Å². The minimum atomic E-state index is -4.33. The zero-order valence-corrected chi connectivity index (χ0v) is 32.9. The summed E-state index contributed by atoms with van der Waals surface area (Å²) in [6.45, 7) is 4.74. The minimum Gasteiger partial charge on any atom is -0.387 e. The Hall–Kier alpha value is -1.02. The number of hydrogen-bond acceptors (Lipinski definition) is 5. The predicted molar refractivity (Wildman–Crippen MR) is 203 cm³/mol. The molecular formula is C39H78N2O6P+. The molecule has 0 saturated heterocycles. The molecule has 0 bridgehead atoms. The molecule has 0 saturated carbocycles. The lowest BCUT2D eigenvalue weighted by molar-refractivity contribution is -0.870. The number of rotatable bonds is 35. The van der Waals surface area contributed by atoms with Gasteiger partial charge in [0.2, 0.25) is 5.91 Å². The molecule has 0 aliphatic heterocycles. The van der Waals surface area contributed by atoms with Crippen molar-refractivity contribution in [3.63, 3.8) is 0 Å². The van der Waals surface area contributed by atoms with Gasteiger partial charge in [-0.2, -0.15) is 0 Å². The lowest BCUT2D eigenvalue weighted by atomic mass is 10.0. The van der Waals surface area contributed by atoms with Crippen molar-refractivity contribution in [2.75, 3.05) is 40.9 Å². The van der Waals surface area contributed by atoms with E-state index >= 15 is 0 Å². The van der Waals surface area contributed by atoms with Crippen molar-refractivity contribution in [2.24, 2.45) is 0 Å². The van der Waals surface area contributed by atoms with Crippen LogP contribution < -0.4 is 5.32 Å². The number of aliphatic hydroxyl groups excluding tert-OH is 1. The molecule has 0 aliphatic carbocycles. The molecule has 0 rings (SSSR count). The zero-order chi connectivity index (χ0) is 35.8. The fourth-order valence-electron chi connectivity index (χ4n) is 5.45. The summed E-state index contributed by atoms with van der Waals surface area (Å²) in [6.07, 6.45) is 35.2. The molecule has 9 heteroatoms. The summed E-state index contributed by atoms with van der Waals surface area (Å²) in [4.78, 5) is 23.0. The van der Waals surface area contributed by atoms with Gasteiger partial charge in [0.15, 0.2) is 0 Å². The van der Waals surface area contributed by atoms with Gasteiger partial charge in [0, 0.05) is 6.42 Å². The Morgan fingerprint density at radius 1 is 0.688 bits per heavy atom. The summed E-state index contributed by atoms with van der Waals surface area (Å²) in [5, 5.41) is 13.7. The SMILES string of the molecule is CCC/C=C\CCCCCCCC/C=C/[C@@H](O)[C@H](COP(=O)(O)OCC[N+](C)(C)C)NC(=O)CCCCCCCCCCCCCCC. The van der Waals surface area contributed by atoms with E-state index in [4.69, 9.17) is 9.05 Å². The summed E-state index contributed by atoms with van der Waals surface area (Å²) >= 11 is 0. The molecule has 1 unspecified atom stereocenters.